The molecule has 0 heterocycles. The molecule has 0 spiro atoms. The van der Waals surface area contributed by atoms with E-state index >= 15 is 0 Å². The van der Waals surface area contributed by atoms with E-state index in [0.29, 0.717) is 12.0 Å². The standard InChI is InChI=1S/C12H18N2O2S/c1-8-3-6-11(17(13,15)16)7-12(8)14-9(2)10-4-5-10/h3,6-7,9-10,14H,4-5H2,1-2H3,(H2,13,15,16). The van der Waals surface area contributed by atoms with Crippen LogP contribution < -0.4 is 10.5 Å². The van der Waals surface area contributed by atoms with Crippen molar-refractivity contribution >= 4 is 15.7 Å². The minimum absolute atomic E-state index is 0.161. The van der Waals surface area contributed by atoms with Crippen molar-refractivity contribution in [2.45, 2.75) is 37.6 Å². The van der Waals surface area contributed by atoms with Gasteiger partial charge in [0.05, 0.1) is 4.90 Å². The highest BCUT2D eigenvalue weighted by molar-refractivity contribution is 7.89. The molecule has 2 rings (SSSR count). The average Bonchev–Trinajstić information content (AvgIpc) is 3.02. The summed E-state index contributed by atoms with van der Waals surface area (Å²) in [6.45, 7) is 4.08. The molecule has 1 unspecified atom stereocenters. The molecule has 0 amide bonds. The number of primary sulfonamides is 1. The second-order valence-electron chi connectivity index (χ2n) is 4.79. The monoisotopic (exact) mass is 254 g/mol. The molecule has 1 aliphatic rings. The molecule has 0 radical (unpaired) electrons. The molecule has 5 heteroatoms. The molecule has 94 valence electrons. The van der Waals surface area contributed by atoms with Gasteiger partial charge in [-0.15, -0.1) is 0 Å². The van der Waals surface area contributed by atoms with Crippen molar-refractivity contribution in [3.8, 4) is 0 Å². The third kappa shape index (κ3) is 2.98. The Hall–Kier alpha value is -1.07. The number of anilines is 1. The molecular formula is C12H18N2O2S. The minimum atomic E-state index is -3.62. The van der Waals surface area contributed by atoms with Crippen LogP contribution in [0.4, 0.5) is 5.69 Å². The molecule has 0 saturated heterocycles. The Morgan fingerprint density at radius 1 is 1.41 bits per heavy atom. The molecule has 0 bridgehead atoms. The molecule has 3 N–H and O–H groups in total. The third-order valence-corrected chi connectivity index (χ3v) is 4.16. The van der Waals surface area contributed by atoms with Gasteiger partial charge in [0.15, 0.2) is 0 Å². The summed E-state index contributed by atoms with van der Waals surface area (Å²) in [6, 6.07) is 5.31. The zero-order valence-electron chi connectivity index (χ0n) is 10.1. The van der Waals surface area contributed by atoms with Gasteiger partial charge in [0.2, 0.25) is 10.0 Å². The van der Waals surface area contributed by atoms with Crippen LogP contribution in [0, 0.1) is 12.8 Å². The quantitative estimate of drug-likeness (QED) is 0.861. The number of aryl methyl sites for hydroxylation is 1. The molecule has 0 aliphatic heterocycles. The van der Waals surface area contributed by atoms with Crippen LogP contribution >= 0.6 is 0 Å². The van der Waals surface area contributed by atoms with Crippen LogP contribution in [0.15, 0.2) is 23.1 Å². The molecule has 1 saturated carbocycles. The van der Waals surface area contributed by atoms with E-state index in [9.17, 15) is 8.42 Å². The second kappa shape index (κ2) is 4.31. The lowest BCUT2D eigenvalue weighted by Crippen LogP contribution is -2.19. The van der Waals surface area contributed by atoms with Crippen molar-refractivity contribution in [1.29, 1.82) is 0 Å². The van der Waals surface area contributed by atoms with Crippen LogP contribution in [0.25, 0.3) is 0 Å². The number of sulfonamides is 1. The number of benzene rings is 1. The van der Waals surface area contributed by atoms with Crippen LogP contribution in [-0.4, -0.2) is 14.5 Å². The van der Waals surface area contributed by atoms with Crippen molar-refractivity contribution in [2.24, 2.45) is 11.1 Å². The van der Waals surface area contributed by atoms with E-state index in [1.807, 2.05) is 6.92 Å². The van der Waals surface area contributed by atoms with E-state index in [1.165, 1.54) is 18.9 Å². The van der Waals surface area contributed by atoms with Crippen molar-refractivity contribution in [2.75, 3.05) is 5.32 Å². The van der Waals surface area contributed by atoms with Gasteiger partial charge in [-0.05, 0) is 50.3 Å². The molecule has 1 atom stereocenters. The topological polar surface area (TPSA) is 72.2 Å². The van der Waals surface area contributed by atoms with Crippen LogP contribution in [0.5, 0.6) is 0 Å². The van der Waals surface area contributed by atoms with E-state index in [-0.39, 0.29) is 4.90 Å². The van der Waals surface area contributed by atoms with Crippen LogP contribution in [0.1, 0.15) is 25.3 Å². The minimum Gasteiger partial charge on any atom is -0.382 e. The van der Waals surface area contributed by atoms with Crippen molar-refractivity contribution < 1.29 is 8.42 Å². The normalized spacial score (nSPS) is 17.8. The third-order valence-electron chi connectivity index (χ3n) is 3.25. The fraction of sp³-hybridized carbons (Fsp3) is 0.500. The summed E-state index contributed by atoms with van der Waals surface area (Å²) in [4.78, 5) is 0.161. The molecule has 1 aliphatic carbocycles. The van der Waals surface area contributed by atoms with Crippen molar-refractivity contribution in [3.63, 3.8) is 0 Å². The van der Waals surface area contributed by atoms with Crippen molar-refractivity contribution in [3.05, 3.63) is 23.8 Å². The summed E-state index contributed by atoms with van der Waals surface area (Å²) in [6.07, 6.45) is 2.50. The summed E-state index contributed by atoms with van der Waals surface area (Å²) in [7, 11) is -3.62. The molecule has 1 aromatic rings. The average molecular weight is 254 g/mol. The van der Waals surface area contributed by atoms with Gasteiger partial charge in [-0.3, -0.25) is 0 Å². The van der Waals surface area contributed by atoms with Crippen LogP contribution in [0.3, 0.4) is 0 Å². The van der Waals surface area contributed by atoms with Gasteiger partial charge >= 0.3 is 0 Å². The molecule has 1 fully saturated rings. The molecular weight excluding hydrogens is 236 g/mol. The van der Waals surface area contributed by atoms with Gasteiger partial charge < -0.3 is 5.32 Å². The van der Waals surface area contributed by atoms with E-state index in [4.69, 9.17) is 5.14 Å². The number of rotatable bonds is 4. The lowest BCUT2D eigenvalue weighted by atomic mass is 10.1. The lowest BCUT2D eigenvalue weighted by molar-refractivity contribution is 0.597. The maximum Gasteiger partial charge on any atom is 0.238 e. The molecule has 17 heavy (non-hydrogen) atoms. The maximum atomic E-state index is 11.3. The first-order valence-corrected chi connectivity index (χ1v) is 7.32. The van der Waals surface area contributed by atoms with Crippen LogP contribution in [-0.2, 0) is 10.0 Å². The summed E-state index contributed by atoms with van der Waals surface area (Å²) < 4.78 is 22.6. The van der Waals surface area contributed by atoms with Gasteiger partial charge in [0, 0.05) is 11.7 Å². The Kier molecular flexibility index (Phi) is 3.14. The predicted molar refractivity (Wildman–Crippen MR) is 68.4 cm³/mol. The molecule has 1 aromatic carbocycles. The second-order valence-corrected chi connectivity index (χ2v) is 6.35. The first kappa shape index (κ1) is 12.4. The largest absolute Gasteiger partial charge is 0.382 e. The highest BCUT2D eigenvalue weighted by Crippen LogP contribution is 2.34. The lowest BCUT2D eigenvalue weighted by Gasteiger charge is -2.17. The Labute approximate surface area is 102 Å². The summed E-state index contributed by atoms with van der Waals surface area (Å²) in [5.74, 6) is 0.715. The Morgan fingerprint density at radius 3 is 2.59 bits per heavy atom. The van der Waals surface area contributed by atoms with E-state index < -0.39 is 10.0 Å². The van der Waals surface area contributed by atoms with E-state index in [0.717, 1.165) is 11.3 Å². The number of hydrogen-bond acceptors (Lipinski definition) is 3. The van der Waals surface area contributed by atoms with Crippen molar-refractivity contribution in [1.82, 2.24) is 0 Å². The molecule has 0 aromatic heterocycles. The van der Waals surface area contributed by atoms with Gasteiger partial charge in [-0.1, -0.05) is 6.07 Å². The number of hydrogen-bond donors (Lipinski definition) is 2. The van der Waals surface area contributed by atoms with Gasteiger partial charge in [-0.2, -0.15) is 0 Å². The Balaban J connectivity index is 2.25. The predicted octanol–water partition coefficient (Wildman–Crippen LogP) is 1.85. The zero-order chi connectivity index (χ0) is 12.6. The van der Waals surface area contributed by atoms with Gasteiger partial charge in [-0.25, -0.2) is 13.6 Å². The Morgan fingerprint density at radius 2 is 2.06 bits per heavy atom. The van der Waals surface area contributed by atoms with Crippen LogP contribution in [0.2, 0.25) is 0 Å². The SMILES string of the molecule is Cc1ccc(S(N)(=O)=O)cc1NC(C)C1CC1. The Bertz CT molecular complexity index is 521. The summed E-state index contributed by atoms with van der Waals surface area (Å²) >= 11 is 0. The number of nitrogens with two attached hydrogens (primary N) is 1. The number of nitrogens with one attached hydrogen (secondary N) is 1. The van der Waals surface area contributed by atoms with Gasteiger partial charge in [0.1, 0.15) is 0 Å². The smallest absolute Gasteiger partial charge is 0.238 e. The first-order valence-electron chi connectivity index (χ1n) is 5.78. The van der Waals surface area contributed by atoms with E-state index in [1.54, 1.807) is 12.1 Å². The molecule has 4 nitrogen and oxygen atoms in total. The van der Waals surface area contributed by atoms with E-state index in [2.05, 4.69) is 12.2 Å². The highest BCUT2D eigenvalue weighted by atomic mass is 32.2. The fourth-order valence-electron chi connectivity index (χ4n) is 1.89. The summed E-state index contributed by atoms with van der Waals surface area (Å²) in [5.41, 5.74) is 1.89. The summed E-state index contributed by atoms with van der Waals surface area (Å²) in [5, 5.41) is 8.49. The zero-order valence-corrected chi connectivity index (χ0v) is 10.9. The van der Waals surface area contributed by atoms with Gasteiger partial charge in [0.25, 0.3) is 0 Å². The fourth-order valence-corrected chi connectivity index (χ4v) is 2.43. The first-order chi connectivity index (χ1) is 7.88. The highest BCUT2D eigenvalue weighted by Gasteiger charge is 2.28. The maximum absolute atomic E-state index is 11.3.